The van der Waals surface area contributed by atoms with E-state index in [1.54, 1.807) is 18.2 Å². The molecular weight excluding hydrogens is 361 g/mol. The highest BCUT2D eigenvalue weighted by molar-refractivity contribution is 7.15. The van der Waals surface area contributed by atoms with Crippen LogP contribution in [0.15, 0.2) is 45.8 Å². The second-order valence-corrected chi connectivity index (χ2v) is 6.22. The van der Waals surface area contributed by atoms with Gasteiger partial charge in [-0.25, -0.2) is 4.39 Å². The lowest BCUT2D eigenvalue weighted by molar-refractivity contribution is 0.0993. The molecule has 0 saturated carbocycles. The minimum Gasteiger partial charge on any atom is -0.482 e. The molecule has 0 aliphatic carbocycles. The minimum atomic E-state index is -0.624. The number of nitrogens with zero attached hydrogens (tertiary/aromatic N) is 2. The maximum Gasteiger partial charge on any atom is 0.293 e. The fraction of sp³-hybridized carbons (Fsp3) is 0.176. The highest BCUT2D eigenvalue weighted by Gasteiger charge is 2.15. The third-order valence-electron chi connectivity index (χ3n) is 3.35. The Balaban J connectivity index is 1.67. The molecule has 7 nitrogen and oxygen atoms in total. The first-order chi connectivity index (χ1) is 12.6. The SMILES string of the molecule is CCc1nnc(NC(=O)c2cc(=O)c(OCc3ccccc3F)co2)s1. The maximum atomic E-state index is 13.6. The molecule has 3 aromatic rings. The lowest BCUT2D eigenvalue weighted by atomic mass is 10.2. The molecule has 1 amide bonds. The van der Waals surface area contributed by atoms with Gasteiger partial charge in [0.05, 0.1) is 0 Å². The topological polar surface area (TPSA) is 94.3 Å². The number of halogens is 1. The summed E-state index contributed by atoms with van der Waals surface area (Å²) in [7, 11) is 0. The van der Waals surface area contributed by atoms with E-state index in [4.69, 9.17) is 9.15 Å². The zero-order valence-electron chi connectivity index (χ0n) is 13.7. The molecule has 0 unspecified atom stereocenters. The van der Waals surface area contributed by atoms with Crippen LogP contribution >= 0.6 is 11.3 Å². The van der Waals surface area contributed by atoms with E-state index in [1.807, 2.05) is 6.92 Å². The Labute approximate surface area is 151 Å². The van der Waals surface area contributed by atoms with Gasteiger partial charge in [0, 0.05) is 11.6 Å². The molecule has 0 saturated heterocycles. The van der Waals surface area contributed by atoms with Gasteiger partial charge in [0.2, 0.25) is 16.3 Å². The number of aromatic nitrogens is 2. The molecule has 2 aromatic heterocycles. The Morgan fingerprint density at radius 1 is 1.35 bits per heavy atom. The Hall–Kier alpha value is -3.07. The van der Waals surface area contributed by atoms with Crippen LogP contribution in [0.2, 0.25) is 0 Å². The molecule has 26 heavy (non-hydrogen) atoms. The number of ether oxygens (including phenoxy) is 1. The van der Waals surface area contributed by atoms with E-state index in [1.165, 1.54) is 17.4 Å². The van der Waals surface area contributed by atoms with Crippen LogP contribution in [0.3, 0.4) is 0 Å². The molecule has 1 N–H and O–H groups in total. The Bertz CT molecular complexity index is 986. The zero-order valence-corrected chi connectivity index (χ0v) is 14.5. The third-order valence-corrected chi connectivity index (χ3v) is 4.34. The van der Waals surface area contributed by atoms with Gasteiger partial charge in [0.15, 0.2) is 5.76 Å². The van der Waals surface area contributed by atoms with E-state index in [2.05, 4.69) is 15.5 Å². The van der Waals surface area contributed by atoms with Gasteiger partial charge in [-0.3, -0.25) is 14.9 Å². The van der Waals surface area contributed by atoms with Crippen molar-refractivity contribution in [2.24, 2.45) is 0 Å². The summed E-state index contributed by atoms with van der Waals surface area (Å²) in [5.74, 6) is -1.37. The summed E-state index contributed by atoms with van der Waals surface area (Å²) in [4.78, 5) is 24.2. The highest BCUT2D eigenvalue weighted by atomic mass is 32.1. The van der Waals surface area contributed by atoms with Crippen LogP contribution in [-0.4, -0.2) is 16.1 Å². The van der Waals surface area contributed by atoms with Crippen molar-refractivity contribution in [3.8, 4) is 5.75 Å². The molecule has 134 valence electrons. The number of carbonyl (C=O) groups is 1. The molecule has 0 aliphatic heterocycles. The molecule has 0 fully saturated rings. The summed E-state index contributed by atoms with van der Waals surface area (Å²) >= 11 is 1.24. The van der Waals surface area contributed by atoms with Gasteiger partial charge in [0.25, 0.3) is 5.91 Å². The number of hydrogen-bond donors (Lipinski definition) is 1. The average molecular weight is 375 g/mol. The summed E-state index contributed by atoms with van der Waals surface area (Å²) in [5.41, 5.74) is -0.249. The largest absolute Gasteiger partial charge is 0.482 e. The molecule has 0 bridgehead atoms. The minimum absolute atomic E-state index is 0.117. The second-order valence-electron chi connectivity index (χ2n) is 5.16. The third kappa shape index (κ3) is 4.12. The summed E-state index contributed by atoms with van der Waals surface area (Å²) in [6, 6.07) is 7.07. The van der Waals surface area contributed by atoms with E-state index in [0.717, 1.165) is 17.3 Å². The summed E-state index contributed by atoms with van der Waals surface area (Å²) < 4.78 is 24.0. The molecule has 0 atom stereocenters. The average Bonchev–Trinajstić information content (AvgIpc) is 3.09. The van der Waals surface area contributed by atoms with E-state index >= 15 is 0 Å². The molecule has 0 radical (unpaired) electrons. The number of aryl methyl sites for hydroxylation is 1. The molecule has 9 heteroatoms. The van der Waals surface area contributed by atoms with Gasteiger partial charge in [0.1, 0.15) is 23.7 Å². The molecule has 2 heterocycles. The summed E-state index contributed by atoms with van der Waals surface area (Å²) in [5, 5.41) is 11.3. The van der Waals surface area contributed by atoms with Crippen molar-refractivity contribution in [2.45, 2.75) is 20.0 Å². The number of hydrogen-bond acceptors (Lipinski definition) is 7. The highest BCUT2D eigenvalue weighted by Crippen LogP contribution is 2.17. The first-order valence-corrected chi connectivity index (χ1v) is 8.51. The fourth-order valence-corrected chi connectivity index (χ4v) is 2.67. The fourth-order valence-electron chi connectivity index (χ4n) is 2.00. The number of carbonyl (C=O) groups excluding carboxylic acids is 1. The van der Waals surface area contributed by atoms with Crippen LogP contribution in [0, 0.1) is 5.82 Å². The Morgan fingerprint density at radius 3 is 2.85 bits per heavy atom. The molecule has 1 aromatic carbocycles. The van der Waals surface area contributed by atoms with Crippen LogP contribution in [0.4, 0.5) is 9.52 Å². The van der Waals surface area contributed by atoms with Crippen LogP contribution in [0.25, 0.3) is 0 Å². The number of rotatable bonds is 6. The van der Waals surface area contributed by atoms with Crippen molar-refractivity contribution in [1.82, 2.24) is 10.2 Å². The number of amides is 1. The quantitative estimate of drug-likeness (QED) is 0.712. The van der Waals surface area contributed by atoms with Crippen LogP contribution in [-0.2, 0) is 13.0 Å². The second kappa shape index (κ2) is 7.87. The Morgan fingerprint density at radius 2 is 2.15 bits per heavy atom. The molecule has 3 rings (SSSR count). The van der Waals surface area contributed by atoms with Gasteiger partial charge < -0.3 is 9.15 Å². The van der Waals surface area contributed by atoms with Crippen molar-refractivity contribution < 1.29 is 18.3 Å². The number of benzene rings is 1. The first kappa shape index (κ1) is 17.7. The zero-order chi connectivity index (χ0) is 18.5. The Kier molecular flexibility index (Phi) is 5.37. The monoisotopic (exact) mass is 375 g/mol. The van der Waals surface area contributed by atoms with Crippen LogP contribution in [0.1, 0.15) is 28.0 Å². The van der Waals surface area contributed by atoms with Crippen molar-refractivity contribution in [1.29, 1.82) is 0 Å². The van der Waals surface area contributed by atoms with Gasteiger partial charge in [-0.15, -0.1) is 10.2 Å². The van der Waals surface area contributed by atoms with Gasteiger partial charge >= 0.3 is 0 Å². The first-order valence-electron chi connectivity index (χ1n) is 7.69. The maximum absolute atomic E-state index is 13.6. The van der Waals surface area contributed by atoms with Crippen molar-refractivity contribution >= 4 is 22.4 Å². The predicted molar refractivity (Wildman–Crippen MR) is 93.0 cm³/mol. The van der Waals surface area contributed by atoms with Crippen molar-refractivity contribution in [2.75, 3.05) is 5.32 Å². The smallest absolute Gasteiger partial charge is 0.293 e. The number of nitrogens with one attached hydrogen (secondary N) is 1. The molecule has 0 spiro atoms. The molecular formula is C17H14FN3O4S. The van der Waals surface area contributed by atoms with Crippen LogP contribution in [0.5, 0.6) is 5.75 Å². The van der Waals surface area contributed by atoms with Crippen molar-refractivity contribution in [3.05, 3.63) is 69.0 Å². The normalized spacial score (nSPS) is 10.5. The summed E-state index contributed by atoms with van der Waals surface area (Å²) in [6.07, 6.45) is 1.73. The van der Waals surface area contributed by atoms with Gasteiger partial charge in [-0.05, 0) is 12.5 Å². The van der Waals surface area contributed by atoms with Gasteiger partial charge in [-0.2, -0.15) is 0 Å². The molecule has 0 aliphatic rings. The van der Waals surface area contributed by atoms with E-state index < -0.39 is 17.2 Å². The lowest BCUT2D eigenvalue weighted by Gasteiger charge is -2.06. The van der Waals surface area contributed by atoms with Crippen molar-refractivity contribution in [3.63, 3.8) is 0 Å². The van der Waals surface area contributed by atoms with E-state index in [0.29, 0.717) is 17.1 Å². The van der Waals surface area contributed by atoms with Crippen LogP contribution < -0.4 is 15.5 Å². The number of anilines is 1. The lowest BCUT2D eigenvalue weighted by Crippen LogP contribution is -2.15. The summed E-state index contributed by atoms with van der Waals surface area (Å²) in [6.45, 7) is 1.79. The van der Waals surface area contributed by atoms with E-state index in [-0.39, 0.29) is 18.1 Å². The standard InChI is InChI=1S/C17H14FN3O4S/c1-2-15-20-21-17(26-15)19-16(23)13-7-12(22)14(9-25-13)24-8-10-5-3-4-6-11(10)18/h3-7,9H,2,8H2,1H3,(H,19,21,23). The van der Waals surface area contributed by atoms with E-state index in [9.17, 15) is 14.0 Å². The predicted octanol–water partition coefficient (Wildman–Crippen LogP) is 3.02. The van der Waals surface area contributed by atoms with Gasteiger partial charge in [-0.1, -0.05) is 36.5 Å².